The van der Waals surface area contributed by atoms with E-state index in [-0.39, 0.29) is 23.3 Å². The lowest BCUT2D eigenvalue weighted by molar-refractivity contribution is 0.0785. The molecule has 1 aliphatic heterocycles. The number of likely N-dealkylation sites (tertiary alicyclic amines) is 1. The molecule has 8 nitrogen and oxygen atoms in total. The molecule has 1 aliphatic rings. The van der Waals surface area contributed by atoms with E-state index in [4.69, 9.17) is 12.3 Å². The van der Waals surface area contributed by atoms with Gasteiger partial charge < -0.3 is 10.6 Å². The highest BCUT2D eigenvalue weighted by atomic mass is 19.1. The van der Waals surface area contributed by atoms with Gasteiger partial charge in [-0.25, -0.2) is 14.2 Å². The Morgan fingerprint density at radius 2 is 2.09 bits per heavy atom. The molecule has 2 aromatic carbocycles. The van der Waals surface area contributed by atoms with Crippen LogP contribution in [0.3, 0.4) is 0 Å². The Morgan fingerprint density at radius 1 is 1.25 bits per heavy atom. The summed E-state index contributed by atoms with van der Waals surface area (Å²) in [6.45, 7) is 8.14. The van der Waals surface area contributed by atoms with Gasteiger partial charge in [0, 0.05) is 55.2 Å². The van der Waals surface area contributed by atoms with Gasteiger partial charge in [0.1, 0.15) is 17.3 Å². The van der Waals surface area contributed by atoms with Crippen molar-refractivity contribution in [3.05, 3.63) is 71.7 Å². The van der Waals surface area contributed by atoms with Crippen molar-refractivity contribution < 1.29 is 9.18 Å². The number of carbonyl (C=O) groups is 1. The van der Waals surface area contributed by atoms with Crippen LogP contribution in [-0.2, 0) is 7.05 Å². The molecule has 1 saturated heterocycles. The third-order valence-electron chi connectivity index (χ3n) is 5.65. The van der Waals surface area contributed by atoms with Crippen molar-refractivity contribution in [3.63, 3.8) is 0 Å². The molecule has 0 bridgehead atoms. The second-order valence-corrected chi connectivity index (χ2v) is 7.94. The largest absolute Gasteiger partial charge is 0.336 e. The molecule has 32 heavy (non-hydrogen) atoms. The van der Waals surface area contributed by atoms with Gasteiger partial charge in [-0.15, -0.1) is 0 Å². The molecule has 1 amide bonds. The summed E-state index contributed by atoms with van der Waals surface area (Å²) in [6.07, 6.45) is 4.32. The van der Waals surface area contributed by atoms with Crippen LogP contribution in [0.5, 0.6) is 0 Å². The minimum absolute atomic E-state index is 0.0395. The zero-order valence-electron chi connectivity index (χ0n) is 17.4. The van der Waals surface area contributed by atoms with E-state index in [2.05, 4.69) is 14.9 Å². The predicted octanol–water partition coefficient (Wildman–Crippen LogP) is 3.29. The number of carbonyl (C=O) groups excluding carboxylic acids is 1. The first-order chi connectivity index (χ1) is 15.4. The zero-order valence-corrected chi connectivity index (χ0v) is 17.4. The fraction of sp³-hybridized carbons (Fsp3) is 0.217. The van der Waals surface area contributed by atoms with Gasteiger partial charge in [-0.05, 0) is 30.7 Å². The van der Waals surface area contributed by atoms with Crippen LogP contribution in [0, 0.1) is 12.4 Å². The van der Waals surface area contributed by atoms with Gasteiger partial charge in [0.05, 0.1) is 12.1 Å². The maximum Gasteiger partial charge on any atom is 0.274 e. The summed E-state index contributed by atoms with van der Waals surface area (Å²) < 4.78 is 17.9. The molecule has 3 heterocycles. The van der Waals surface area contributed by atoms with Gasteiger partial charge >= 0.3 is 0 Å². The molecule has 1 atom stereocenters. The molecular weight excluding hydrogens is 409 g/mol. The Kier molecular flexibility index (Phi) is 4.72. The first-order valence-corrected chi connectivity index (χ1v) is 10.2. The number of nitrogens with two attached hydrogens (primary N) is 1. The molecular formula is C23H20FN7O. The van der Waals surface area contributed by atoms with Crippen molar-refractivity contribution >= 4 is 22.5 Å². The number of hydrogen-bond donors (Lipinski definition) is 1. The highest BCUT2D eigenvalue weighted by Crippen LogP contribution is 2.29. The number of halogens is 1. The second-order valence-electron chi connectivity index (χ2n) is 7.94. The maximum absolute atomic E-state index is 14.4. The van der Waals surface area contributed by atoms with E-state index >= 15 is 0 Å². The number of aryl methyl sites for hydroxylation is 1. The first kappa shape index (κ1) is 19.9. The van der Waals surface area contributed by atoms with E-state index in [1.807, 2.05) is 31.4 Å². The van der Waals surface area contributed by atoms with Crippen LogP contribution in [0.25, 0.3) is 32.8 Å². The summed E-state index contributed by atoms with van der Waals surface area (Å²) >= 11 is 0. The zero-order chi connectivity index (χ0) is 22.4. The standard InChI is InChI=1S/C23H20FN7O/c1-26-19-6-4-14(9-18(19)24)22-27-21(23(32)30-8-7-16(25)12-30)13-31(22)17-5-3-15-11-29(2)28-20(15)10-17/h3-6,9-11,13,16H,7-8,12,25H2,2H3/t16-/m0/s1. The van der Waals surface area contributed by atoms with E-state index in [0.717, 1.165) is 23.0 Å². The maximum atomic E-state index is 14.4. The van der Waals surface area contributed by atoms with E-state index in [0.29, 0.717) is 24.5 Å². The number of nitrogens with zero attached hydrogens (tertiary/aromatic N) is 6. The average Bonchev–Trinajstić information content (AvgIpc) is 3.49. The van der Waals surface area contributed by atoms with Crippen molar-refractivity contribution in [3.8, 4) is 17.1 Å². The Balaban J connectivity index is 1.64. The SMILES string of the molecule is [C-]#[N+]c1ccc(-c2nc(C(=O)N3CC[C@H](N)C3)cn2-c2ccc3cn(C)nc3c2)cc1F. The number of benzene rings is 2. The summed E-state index contributed by atoms with van der Waals surface area (Å²) in [5, 5.41) is 5.43. The normalized spacial score (nSPS) is 15.9. The third-order valence-corrected chi connectivity index (χ3v) is 5.65. The summed E-state index contributed by atoms with van der Waals surface area (Å²) in [5.41, 5.74) is 8.15. The molecule has 160 valence electrons. The summed E-state index contributed by atoms with van der Waals surface area (Å²) in [4.78, 5) is 22.5. The van der Waals surface area contributed by atoms with Crippen molar-refractivity contribution in [2.24, 2.45) is 12.8 Å². The molecule has 4 aromatic rings. The van der Waals surface area contributed by atoms with Crippen LogP contribution in [0.15, 0.2) is 48.8 Å². The molecule has 2 aromatic heterocycles. The van der Waals surface area contributed by atoms with Crippen molar-refractivity contribution in [2.75, 3.05) is 13.1 Å². The quantitative estimate of drug-likeness (QED) is 0.507. The molecule has 0 unspecified atom stereocenters. The van der Waals surface area contributed by atoms with Crippen LogP contribution >= 0.6 is 0 Å². The highest BCUT2D eigenvalue weighted by Gasteiger charge is 2.27. The van der Waals surface area contributed by atoms with Crippen LogP contribution < -0.4 is 5.73 Å². The van der Waals surface area contributed by atoms with E-state index in [1.165, 1.54) is 12.1 Å². The Bertz CT molecular complexity index is 1400. The Morgan fingerprint density at radius 3 is 2.81 bits per heavy atom. The minimum Gasteiger partial charge on any atom is -0.336 e. The number of aromatic nitrogens is 4. The predicted molar refractivity (Wildman–Crippen MR) is 118 cm³/mol. The third kappa shape index (κ3) is 3.40. The molecule has 1 fully saturated rings. The van der Waals surface area contributed by atoms with E-state index < -0.39 is 5.82 Å². The van der Waals surface area contributed by atoms with Gasteiger partial charge in [-0.3, -0.25) is 14.0 Å². The number of imidazole rings is 1. The van der Waals surface area contributed by atoms with Crippen LogP contribution in [0.1, 0.15) is 16.9 Å². The lowest BCUT2D eigenvalue weighted by atomic mass is 10.1. The number of rotatable bonds is 3. The summed E-state index contributed by atoms with van der Waals surface area (Å²) in [7, 11) is 1.85. The fourth-order valence-corrected chi connectivity index (χ4v) is 4.03. The highest BCUT2D eigenvalue weighted by molar-refractivity contribution is 5.93. The van der Waals surface area contributed by atoms with Crippen LogP contribution in [0.2, 0.25) is 0 Å². The van der Waals surface area contributed by atoms with E-state index in [9.17, 15) is 9.18 Å². The lowest BCUT2D eigenvalue weighted by Crippen LogP contribution is -2.32. The molecule has 0 radical (unpaired) electrons. The lowest BCUT2D eigenvalue weighted by Gasteiger charge is -2.13. The molecule has 0 saturated carbocycles. The molecule has 2 N–H and O–H groups in total. The molecule has 5 rings (SSSR count). The van der Waals surface area contributed by atoms with Gasteiger partial charge in [0.2, 0.25) is 5.69 Å². The molecule has 9 heteroatoms. The van der Waals surface area contributed by atoms with Gasteiger partial charge in [-0.2, -0.15) is 5.10 Å². The van der Waals surface area contributed by atoms with Crippen LogP contribution in [0.4, 0.5) is 10.1 Å². The average molecular weight is 429 g/mol. The minimum atomic E-state index is -0.634. The molecule has 0 spiro atoms. The van der Waals surface area contributed by atoms with Gasteiger partial charge in [0.15, 0.2) is 0 Å². The number of hydrogen-bond acceptors (Lipinski definition) is 4. The van der Waals surface area contributed by atoms with Crippen molar-refractivity contribution in [2.45, 2.75) is 12.5 Å². The van der Waals surface area contributed by atoms with Crippen molar-refractivity contribution in [1.82, 2.24) is 24.2 Å². The van der Waals surface area contributed by atoms with E-state index in [1.54, 1.807) is 26.4 Å². The van der Waals surface area contributed by atoms with Gasteiger partial charge in [-0.1, -0.05) is 12.1 Å². The van der Waals surface area contributed by atoms with Crippen molar-refractivity contribution in [1.29, 1.82) is 0 Å². The smallest absolute Gasteiger partial charge is 0.274 e. The summed E-state index contributed by atoms with van der Waals surface area (Å²) in [6, 6.07) is 10.0. The summed E-state index contributed by atoms with van der Waals surface area (Å²) in [5.74, 6) is -0.441. The molecule has 0 aliphatic carbocycles. The Hall–Kier alpha value is -4.03. The number of fused-ring (bicyclic) bond motifs is 1. The Labute approximate surface area is 183 Å². The first-order valence-electron chi connectivity index (χ1n) is 10.2. The topological polar surface area (TPSA) is 86.3 Å². The second kappa shape index (κ2) is 7.59. The fourth-order valence-electron chi connectivity index (χ4n) is 4.03. The van der Waals surface area contributed by atoms with Crippen LogP contribution in [-0.4, -0.2) is 49.3 Å². The van der Waals surface area contributed by atoms with Gasteiger partial charge in [0.25, 0.3) is 5.91 Å². The monoisotopic (exact) mass is 429 g/mol. The number of amides is 1.